The fourth-order valence-corrected chi connectivity index (χ4v) is 1.86. The van der Waals surface area contributed by atoms with Gasteiger partial charge in [0, 0.05) is 13.0 Å². The normalized spacial score (nSPS) is 42.8. The minimum atomic E-state index is -1.99. The van der Waals surface area contributed by atoms with Gasteiger partial charge in [0.2, 0.25) is 0 Å². The van der Waals surface area contributed by atoms with Crippen molar-refractivity contribution in [2.24, 2.45) is 5.92 Å². The van der Waals surface area contributed by atoms with Gasteiger partial charge in [-0.2, -0.15) is 5.06 Å². The van der Waals surface area contributed by atoms with Crippen molar-refractivity contribution in [2.45, 2.75) is 24.0 Å². The highest BCUT2D eigenvalue weighted by molar-refractivity contribution is 5.12. The lowest BCUT2D eigenvalue weighted by Crippen LogP contribution is -2.77. The second-order valence-electron chi connectivity index (χ2n) is 3.71. The first-order chi connectivity index (χ1) is 6.91. The van der Waals surface area contributed by atoms with Gasteiger partial charge in [-0.3, -0.25) is 4.84 Å². The van der Waals surface area contributed by atoms with Crippen LogP contribution in [0.4, 0.5) is 0 Å². The zero-order chi connectivity index (χ0) is 11.8. The minimum Gasteiger partial charge on any atom is -0.396 e. The van der Waals surface area contributed by atoms with Crippen molar-refractivity contribution >= 4 is 0 Å². The van der Waals surface area contributed by atoms with Crippen molar-refractivity contribution in [1.82, 2.24) is 5.06 Å². The van der Waals surface area contributed by atoms with Crippen LogP contribution in [0.1, 0.15) is 0 Å². The van der Waals surface area contributed by atoms with Crippen LogP contribution in [0.15, 0.2) is 0 Å². The SMILES string of the molecule is CON(C)[C@H](O)C1(O)C(O)[C@H](O)C1CO. The molecule has 5 atom stereocenters. The average Bonchev–Trinajstić information content (AvgIpc) is 2.26. The molecule has 0 aromatic heterocycles. The molecule has 15 heavy (non-hydrogen) atoms. The molecule has 5 N–H and O–H groups in total. The monoisotopic (exact) mass is 223 g/mol. The third-order valence-electron chi connectivity index (χ3n) is 3.05. The molecule has 0 aliphatic heterocycles. The zero-order valence-corrected chi connectivity index (χ0v) is 8.61. The fourth-order valence-electron chi connectivity index (χ4n) is 1.86. The van der Waals surface area contributed by atoms with Crippen molar-refractivity contribution in [3.63, 3.8) is 0 Å². The Morgan fingerprint density at radius 1 is 1.47 bits per heavy atom. The van der Waals surface area contributed by atoms with Crippen LogP contribution >= 0.6 is 0 Å². The summed E-state index contributed by atoms with van der Waals surface area (Å²) in [6.07, 6.45) is -4.29. The highest BCUT2D eigenvalue weighted by Gasteiger charge is 2.65. The first-order valence-corrected chi connectivity index (χ1v) is 4.55. The van der Waals surface area contributed by atoms with Crippen LogP contribution in [0.3, 0.4) is 0 Å². The molecule has 0 spiro atoms. The van der Waals surface area contributed by atoms with Crippen LogP contribution in [0.25, 0.3) is 0 Å². The summed E-state index contributed by atoms with van der Waals surface area (Å²) in [5, 5.41) is 48.1. The molecule has 3 unspecified atom stereocenters. The zero-order valence-electron chi connectivity index (χ0n) is 8.61. The number of nitrogens with zero attached hydrogens (tertiary/aromatic N) is 1. The Kier molecular flexibility index (Phi) is 3.67. The Labute approximate surface area is 87.1 Å². The van der Waals surface area contributed by atoms with E-state index in [4.69, 9.17) is 5.11 Å². The minimum absolute atomic E-state index is 0.538. The summed E-state index contributed by atoms with van der Waals surface area (Å²) in [6, 6.07) is 0. The van der Waals surface area contributed by atoms with Crippen LogP contribution in [-0.4, -0.2) is 75.4 Å². The molecule has 1 rings (SSSR count). The van der Waals surface area contributed by atoms with Crippen molar-refractivity contribution in [1.29, 1.82) is 0 Å². The van der Waals surface area contributed by atoms with Gasteiger partial charge in [0.25, 0.3) is 0 Å². The largest absolute Gasteiger partial charge is 0.396 e. The predicted molar refractivity (Wildman–Crippen MR) is 48.3 cm³/mol. The molecule has 1 fully saturated rings. The van der Waals surface area contributed by atoms with E-state index in [1.165, 1.54) is 14.2 Å². The van der Waals surface area contributed by atoms with Crippen molar-refractivity contribution < 1.29 is 30.4 Å². The second-order valence-corrected chi connectivity index (χ2v) is 3.71. The molecular formula is C8H17NO6. The topological polar surface area (TPSA) is 114 Å². The van der Waals surface area contributed by atoms with E-state index in [1.54, 1.807) is 0 Å². The summed E-state index contributed by atoms with van der Waals surface area (Å²) in [4.78, 5) is 4.66. The lowest BCUT2D eigenvalue weighted by Gasteiger charge is -2.55. The quantitative estimate of drug-likeness (QED) is 0.253. The van der Waals surface area contributed by atoms with Crippen LogP contribution in [0.2, 0.25) is 0 Å². The van der Waals surface area contributed by atoms with E-state index in [2.05, 4.69) is 4.84 Å². The molecule has 90 valence electrons. The Hall–Kier alpha value is -0.280. The lowest BCUT2D eigenvalue weighted by molar-refractivity contribution is -0.356. The molecular weight excluding hydrogens is 206 g/mol. The first kappa shape index (κ1) is 12.8. The molecule has 0 aromatic carbocycles. The van der Waals surface area contributed by atoms with Gasteiger partial charge in [-0.25, -0.2) is 0 Å². The highest BCUT2D eigenvalue weighted by atomic mass is 16.7. The molecule has 7 nitrogen and oxygen atoms in total. The molecule has 1 aliphatic rings. The second kappa shape index (κ2) is 4.30. The molecule has 0 bridgehead atoms. The number of aliphatic hydroxyl groups is 5. The summed E-state index contributed by atoms with van der Waals surface area (Å²) < 4.78 is 0. The number of hydroxylamine groups is 2. The number of hydrogen-bond acceptors (Lipinski definition) is 7. The van der Waals surface area contributed by atoms with Crippen molar-refractivity contribution in [3.8, 4) is 0 Å². The van der Waals surface area contributed by atoms with Gasteiger partial charge in [-0.1, -0.05) is 0 Å². The maximum Gasteiger partial charge on any atom is 0.161 e. The van der Waals surface area contributed by atoms with Gasteiger partial charge in [0.1, 0.15) is 11.7 Å². The smallest absolute Gasteiger partial charge is 0.161 e. The number of aliphatic hydroxyl groups excluding tert-OH is 4. The van der Waals surface area contributed by atoms with Gasteiger partial charge < -0.3 is 25.5 Å². The molecule has 7 heteroatoms. The maximum absolute atomic E-state index is 9.94. The van der Waals surface area contributed by atoms with Crippen LogP contribution in [0.5, 0.6) is 0 Å². The van der Waals surface area contributed by atoms with E-state index >= 15 is 0 Å². The Morgan fingerprint density at radius 3 is 2.40 bits per heavy atom. The van der Waals surface area contributed by atoms with E-state index in [0.717, 1.165) is 5.06 Å². The van der Waals surface area contributed by atoms with Gasteiger partial charge >= 0.3 is 0 Å². The molecule has 1 aliphatic carbocycles. The fraction of sp³-hybridized carbons (Fsp3) is 1.00. The van der Waals surface area contributed by atoms with Crippen LogP contribution < -0.4 is 0 Å². The Balaban J connectivity index is 2.81. The highest BCUT2D eigenvalue weighted by Crippen LogP contribution is 2.42. The van der Waals surface area contributed by atoms with E-state index in [1.807, 2.05) is 0 Å². The summed E-state index contributed by atoms with van der Waals surface area (Å²) in [7, 11) is 2.64. The Morgan fingerprint density at radius 2 is 2.00 bits per heavy atom. The van der Waals surface area contributed by atoms with Gasteiger partial charge in [-0.15, -0.1) is 0 Å². The number of rotatable bonds is 4. The maximum atomic E-state index is 9.94. The molecule has 0 heterocycles. The summed E-state index contributed by atoms with van der Waals surface area (Å²) in [5.41, 5.74) is -1.99. The first-order valence-electron chi connectivity index (χ1n) is 4.55. The van der Waals surface area contributed by atoms with Crippen LogP contribution in [-0.2, 0) is 4.84 Å². The number of likely N-dealkylation sites (N-methyl/N-ethyl adjacent to an activating group) is 1. The summed E-state index contributed by atoms with van der Waals surface area (Å²) >= 11 is 0. The molecule has 0 amide bonds. The van der Waals surface area contributed by atoms with E-state index in [9.17, 15) is 20.4 Å². The van der Waals surface area contributed by atoms with Gasteiger partial charge in [0.15, 0.2) is 6.23 Å². The van der Waals surface area contributed by atoms with E-state index in [0.29, 0.717) is 0 Å². The summed E-state index contributed by atoms with van der Waals surface area (Å²) in [5.74, 6) is -1.000. The number of hydrogen-bond donors (Lipinski definition) is 5. The molecule has 0 radical (unpaired) electrons. The van der Waals surface area contributed by atoms with E-state index < -0.39 is 36.6 Å². The third kappa shape index (κ3) is 1.66. The molecule has 1 saturated carbocycles. The predicted octanol–water partition coefficient (Wildman–Crippen LogP) is -3.13. The van der Waals surface area contributed by atoms with E-state index in [-0.39, 0.29) is 0 Å². The molecule has 0 saturated heterocycles. The van der Waals surface area contributed by atoms with Gasteiger partial charge in [0.05, 0.1) is 19.8 Å². The average molecular weight is 223 g/mol. The van der Waals surface area contributed by atoms with Crippen LogP contribution in [0, 0.1) is 5.92 Å². The third-order valence-corrected chi connectivity index (χ3v) is 3.05. The Bertz CT molecular complexity index is 227. The van der Waals surface area contributed by atoms with Crippen molar-refractivity contribution in [3.05, 3.63) is 0 Å². The standard InChI is InChI=1S/C8H17NO6/c1-9(15-2)7(13)8(14)4(3-10)5(11)6(8)12/h4-7,10-14H,3H2,1-2H3/t4?,5-,6?,7-,8?/m1/s1. The summed E-state index contributed by atoms with van der Waals surface area (Å²) in [6.45, 7) is -0.538. The van der Waals surface area contributed by atoms with Gasteiger partial charge in [-0.05, 0) is 0 Å². The molecule has 0 aromatic rings. The lowest BCUT2D eigenvalue weighted by atomic mass is 9.63. The van der Waals surface area contributed by atoms with Crippen molar-refractivity contribution in [2.75, 3.05) is 20.8 Å².